The van der Waals surface area contributed by atoms with Gasteiger partial charge in [-0.05, 0) is 32.1 Å². The van der Waals surface area contributed by atoms with Gasteiger partial charge < -0.3 is 15.8 Å². The number of amides is 1. The van der Waals surface area contributed by atoms with Crippen molar-refractivity contribution in [1.29, 1.82) is 0 Å². The standard InChI is InChI=1S/C11H20N2O2S/c1-15-11(5-3-6-11)8-10(14)13-7-2-4-9(12)16/h2-8H2,1H3,(H2,12,16)(H,13,14). The second kappa shape index (κ2) is 6.15. The zero-order chi connectivity index (χ0) is 12.0. The number of nitrogens with two attached hydrogens (primary N) is 1. The van der Waals surface area contributed by atoms with E-state index in [9.17, 15) is 4.79 Å². The Hall–Kier alpha value is -0.680. The van der Waals surface area contributed by atoms with Gasteiger partial charge in [-0.25, -0.2) is 0 Å². The van der Waals surface area contributed by atoms with Gasteiger partial charge in [-0.3, -0.25) is 4.79 Å². The molecular formula is C11H20N2O2S. The summed E-state index contributed by atoms with van der Waals surface area (Å²) in [5.74, 6) is 0.0597. The molecule has 1 aliphatic rings. The van der Waals surface area contributed by atoms with Gasteiger partial charge in [-0.1, -0.05) is 12.2 Å². The number of carbonyl (C=O) groups excluding carboxylic acids is 1. The summed E-state index contributed by atoms with van der Waals surface area (Å²) in [6.07, 6.45) is 5.10. The molecule has 1 fully saturated rings. The Balaban J connectivity index is 2.13. The Kier molecular flexibility index (Phi) is 5.15. The van der Waals surface area contributed by atoms with E-state index in [1.165, 1.54) is 0 Å². The molecule has 0 aromatic carbocycles. The van der Waals surface area contributed by atoms with E-state index in [0.29, 0.717) is 24.4 Å². The number of ether oxygens (including phenoxy) is 1. The van der Waals surface area contributed by atoms with Crippen molar-refractivity contribution in [3.8, 4) is 0 Å². The van der Waals surface area contributed by atoms with Crippen molar-refractivity contribution in [3.63, 3.8) is 0 Å². The number of thiocarbonyl (C=S) groups is 1. The number of rotatable bonds is 7. The zero-order valence-electron chi connectivity index (χ0n) is 9.75. The minimum absolute atomic E-state index is 0.0597. The first kappa shape index (κ1) is 13.4. The monoisotopic (exact) mass is 244 g/mol. The number of methoxy groups -OCH3 is 1. The second-order valence-electron chi connectivity index (χ2n) is 4.34. The van der Waals surface area contributed by atoms with Gasteiger partial charge >= 0.3 is 0 Å². The maximum atomic E-state index is 11.6. The molecule has 0 spiro atoms. The predicted molar refractivity (Wildman–Crippen MR) is 67.2 cm³/mol. The summed E-state index contributed by atoms with van der Waals surface area (Å²) in [7, 11) is 1.68. The van der Waals surface area contributed by atoms with Crippen molar-refractivity contribution in [2.45, 2.75) is 44.1 Å². The normalized spacial score (nSPS) is 17.6. The minimum atomic E-state index is -0.187. The lowest BCUT2D eigenvalue weighted by molar-refractivity contribution is -0.134. The molecule has 1 amide bonds. The van der Waals surface area contributed by atoms with Crippen LogP contribution in [0.5, 0.6) is 0 Å². The van der Waals surface area contributed by atoms with Crippen molar-refractivity contribution in [2.75, 3.05) is 13.7 Å². The van der Waals surface area contributed by atoms with Crippen LogP contribution in [0.1, 0.15) is 38.5 Å². The summed E-state index contributed by atoms with van der Waals surface area (Å²) < 4.78 is 5.39. The Morgan fingerprint density at radius 2 is 2.25 bits per heavy atom. The fourth-order valence-electron chi connectivity index (χ4n) is 1.87. The molecule has 0 atom stereocenters. The van der Waals surface area contributed by atoms with Crippen molar-refractivity contribution < 1.29 is 9.53 Å². The van der Waals surface area contributed by atoms with E-state index in [4.69, 9.17) is 22.7 Å². The van der Waals surface area contributed by atoms with Crippen LogP contribution in [-0.2, 0) is 9.53 Å². The molecular weight excluding hydrogens is 224 g/mol. The molecule has 0 aromatic heterocycles. The maximum absolute atomic E-state index is 11.6. The molecule has 0 aliphatic heterocycles. The lowest BCUT2D eigenvalue weighted by Crippen LogP contribution is -2.44. The van der Waals surface area contributed by atoms with E-state index in [1.54, 1.807) is 7.11 Å². The van der Waals surface area contributed by atoms with Crippen molar-refractivity contribution in [2.24, 2.45) is 5.73 Å². The predicted octanol–water partition coefficient (Wildman–Crippen LogP) is 1.13. The number of hydrogen-bond donors (Lipinski definition) is 2. The topological polar surface area (TPSA) is 64.3 Å². The average molecular weight is 244 g/mol. The van der Waals surface area contributed by atoms with E-state index < -0.39 is 0 Å². The third-order valence-corrected chi connectivity index (χ3v) is 3.31. The van der Waals surface area contributed by atoms with Crippen LogP contribution in [0.25, 0.3) is 0 Å². The molecule has 3 N–H and O–H groups in total. The Morgan fingerprint density at radius 3 is 2.69 bits per heavy atom. The van der Waals surface area contributed by atoms with E-state index in [-0.39, 0.29) is 11.5 Å². The van der Waals surface area contributed by atoms with E-state index in [0.717, 1.165) is 25.7 Å². The lowest BCUT2D eigenvalue weighted by atomic mass is 9.77. The van der Waals surface area contributed by atoms with Gasteiger partial charge in [-0.15, -0.1) is 0 Å². The molecule has 4 nitrogen and oxygen atoms in total. The van der Waals surface area contributed by atoms with Crippen molar-refractivity contribution in [1.82, 2.24) is 5.32 Å². The van der Waals surface area contributed by atoms with E-state index in [2.05, 4.69) is 5.32 Å². The molecule has 1 rings (SSSR count). The third-order valence-electron chi connectivity index (χ3n) is 3.10. The molecule has 1 aliphatic carbocycles. The van der Waals surface area contributed by atoms with Crippen molar-refractivity contribution in [3.05, 3.63) is 0 Å². The van der Waals surface area contributed by atoms with Crippen LogP contribution < -0.4 is 11.1 Å². The van der Waals surface area contributed by atoms with Crippen LogP contribution in [0.15, 0.2) is 0 Å². The van der Waals surface area contributed by atoms with Gasteiger partial charge in [0.1, 0.15) is 0 Å². The van der Waals surface area contributed by atoms with Gasteiger partial charge in [0.25, 0.3) is 0 Å². The summed E-state index contributed by atoms with van der Waals surface area (Å²) in [5.41, 5.74) is 5.17. The molecule has 5 heteroatoms. The fraction of sp³-hybridized carbons (Fsp3) is 0.818. The molecule has 0 radical (unpaired) electrons. The molecule has 1 saturated carbocycles. The van der Waals surface area contributed by atoms with E-state index in [1.807, 2.05) is 0 Å². The van der Waals surface area contributed by atoms with Crippen LogP contribution in [0, 0.1) is 0 Å². The van der Waals surface area contributed by atoms with Crippen LogP contribution in [0.2, 0.25) is 0 Å². The van der Waals surface area contributed by atoms with Gasteiger partial charge in [-0.2, -0.15) is 0 Å². The first-order chi connectivity index (χ1) is 7.58. The maximum Gasteiger partial charge on any atom is 0.222 e. The minimum Gasteiger partial charge on any atom is -0.393 e. The van der Waals surface area contributed by atoms with Crippen LogP contribution in [0.3, 0.4) is 0 Å². The summed E-state index contributed by atoms with van der Waals surface area (Å²) in [5, 5.41) is 2.86. The van der Waals surface area contributed by atoms with Crippen LogP contribution in [0.4, 0.5) is 0 Å². The molecule has 0 unspecified atom stereocenters. The highest BCUT2D eigenvalue weighted by molar-refractivity contribution is 7.80. The second-order valence-corrected chi connectivity index (χ2v) is 4.86. The number of nitrogens with one attached hydrogen (secondary N) is 1. The fourth-order valence-corrected chi connectivity index (χ4v) is 2.01. The molecule has 0 aromatic rings. The Labute approximate surface area is 102 Å². The van der Waals surface area contributed by atoms with Crippen LogP contribution >= 0.6 is 12.2 Å². The summed E-state index contributed by atoms with van der Waals surface area (Å²) in [6.45, 7) is 0.635. The van der Waals surface area contributed by atoms with E-state index >= 15 is 0 Å². The molecule has 0 saturated heterocycles. The van der Waals surface area contributed by atoms with Crippen LogP contribution in [-0.4, -0.2) is 30.2 Å². The Morgan fingerprint density at radius 1 is 1.56 bits per heavy atom. The number of hydrogen-bond acceptors (Lipinski definition) is 3. The SMILES string of the molecule is COC1(CC(=O)NCCCC(N)=S)CCC1. The van der Waals surface area contributed by atoms with Gasteiger partial charge in [0.2, 0.25) is 5.91 Å². The lowest BCUT2D eigenvalue weighted by Gasteiger charge is -2.39. The number of carbonyl (C=O) groups is 1. The summed E-state index contributed by atoms with van der Waals surface area (Å²) in [6, 6.07) is 0. The first-order valence-corrected chi connectivity index (χ1v) is 6.09. The summed E-state index contributed by atoms with van der Waals surface area (Å²) in [4.78, 5) is 12.1. The molecule has 0 heterocycles. The van der Waals surface area contributed by atoms with Crippen molar-refractivity contribution >= 4 is 23.1 Å². The molecule has 92 valence electrons. The largest absolute Gasteiger partial charge is 0.393 e. The highest BCUT2D eigenvalue weighted by atomic mass is 32.1. The molecule has 16 heavy (non-hydrogen) atoms. The average Bonchev–Trinajstić information content (AvgIpc) is 2.18. The van der Waals surface area contributed by atoms with Gasteiger partial charge in [0.05, 0.1) is 17.0 Å². The highest BCUT2D eigenvalue weighted by Gasteiger charge is 2.38. The smallest absolute Gasteiger partial charge is 0.222 e. The summed E-state index contributed by atoms with van der Waals surface area (Å²) >= 11 is 4.75. The molecule has 0 bridgehead atoms. The third kappa shape index (κ3) is 4.06. The Bertz CT molecular complexity index is 259. The highest BCUT2D eigenvalue weighted by Crippen LogP contribution is 2.37. The quantitative estimate of drug-likeness (QED) is 0.520. The zero-order valence-corrected chi connectivity index (χ0v) is 10.6. The van der Waals surface area contributed by atoms with Gasteiger partial charge in [0.15, 0.2) is 0 Å². The van der Waals surface area contributed by atoms with Gasteiger partial charge in [0, 0.05) is 13.7 Å². The first-order valence-electron chi connectivity index (χ1n) is 5.68.